The molecule has 59 heavy (non-hydrogen) atoms. The highest BCUT2D eigenvalue weighted by atomic mass is 15.1. The summed E-state index contributed by atoms with van der Waals surface area (Å²) < 4.78 is 4.63. The van der Waals surface area contributed by atoms with Gasteiger partial charge in [0.05, 0.1) is 39.1 Å². The van der Waals surface area contributed by atoms with Crippen LogP contribution in [0, 0.1) is 11.3 Å². The molecule has 0 spiro atoms. The Kier molecular flexibility index (Phi) is 7.17. The number of aromatic nitrogens is 3. The Balaban J connectivity index is 1.18. The summed E-state index contributed by atoms with van der Waals surface area (Å²) in [5, 5.41) is 15.0. The molecule has 12 rings (SSSR count). The molecule has 0 N–H and O–H groups in total. The zero-order valence-corrected chi connectivity index (χ0v) is 31.9. The first-order chi connectivity index (χ1) is 29.2. The summed E-state index contributed by atoms with van der Waals surface area (Å²) in [6.45, 7) is 0. The number of para-hydroxylation sites is 4. The van der Waals surface area contributed by atoms with Gasteiger partial charge in [-0.1, -0.05) is 152 Å². The van der Waals surface area contributed by atoms with Crippen molar-refractivity contribution in [2.75, 3.05) is 0 Å². The van der Waals surface area contributed by atoms with Crippen LogP contribution in [0.4, 0.5) is 0 Å². The van der Waals surface area contributed by atoms with E-state index in [9.17, 15) is 5.26 Å². The third-order valence-electron chi connectivity index (χ3n) is 12.4. The van der Waals surface area contributed by atoms with Gasteiger partial charge in [0.2, 0.25) is 0 Å². The van der Waals surface area contributed by atoms with Crippen LogP contribution >= 0.6 is 0 Å². The summed E-state index contributed by atoms with van der Waals surface area (Å²) in [6, 6.07) is 76.1. The summed E-state index contributed by atoms with van der Waals surface area (Å²) >= 11 is 0. The Morgan fingerprint density at radius 3 is 1.25 bits per heavy atom. The van der Waals surface area contributed by atoms with E-state index >= 15 is 0 Å². The van der Waals surface area contributed by atoms with Gasteiger partial charge in [0.25, 0.3) is 0 Å². The number of nitrogens with zero attached hydrogens (tertiary/aromatic N) is 4. The highest BCUT2D eigenvalue weighted by Gasteiger charge is 2.46. The van der Waals surface area contributed by atoms with Crippen molar-refractivity contribution in [2.24, 2.45) is 0 Å². The summed E-state index contributed by atoms with van der Waals surface area (Å²) in [7, 11) is 0. The van der Waals surface area contributed by atoms with Crippen LogP contribution in [0.2, 0.25) is 0 Å². The van der Waals surface area contributed by atoms with E-state index in [2.05, 4.69) is 215 Å². The molecule has 3 aromatic heterocycles. The summed E-state index contributed by atoms with van der Waals surface area (Å²) in [5.41, 5.74) is 13.5. The zero-order chi connectivity index (χ0) is 39.1. The van der Waals surface area contributed by atoms with Crippen LogP contribution in [-0.4, -0.2) is 14.1 Å². The van der Waals surface area contributed by atoms with E-state index in [0.717, 1.165) is 67.1 Å². The quantitative estimate of drug-likeness (QED) is 0.176. The van der Waals surface area contributed by atoms with Gasteiger partial charge in [-0.25, -0.2) is 4.98 Å². The number of benzene rings is 8. The second-order valence-corrected chi connectivity index (χ2v) is 15.4. The van der Waals surface area contributed by atoms with Crippen LogP contribution < -0.4 is 0 Å². The molecule has 0 atom stereocenters. The van der Waals surface area contributed by atoms with Gasteiger partial charge in [0.1, 0.15) is 11.6 Å². The van der Waals surface area contributed by atoms with Gasteiger partial charge < -0.3 is 0 Å². The Morgan fingerprint density at radius 1 is 0.390 bits per heavy atom. The normalized spacial score (nSPS) is 12.9. The third kappa shape index (κ3) is 4.73. The first-order valence-electron chi connectivity index (χ1n) is 20.0. The summed E-state index contributed by atoms with van der Waals surface area (Å²) in [5.74, 6) is 1.69. The van der Waals surface area contributed by atoms with E-state index < -0.39 is 5.41 Å². The van der Waals surface area contributed by atoms with Crippen molar-refractivity contribution >= 4 is 43.6 Å². The zero-order valence-electron chi connectivity index (χ0n) is 31.9. The molecule has 4 nitrogen and oxygen atoms in total. The van der Waals surface area contributed by atoms with Crippen LogP contribution in [0.5, 0.6) is 0 Å². The number of hydrogen-bond acceptors (Lipinski definition) is 2. The Bertz CT molecular complexity index is 3230. The highest BCUT2D eigenvalue weighted by Crippen LogP contribution is 2.57. The van der Waals surface area contributed by atoms with Crippen LogP contribution in [0.1, 0.15) is 27.8 Å². The van der Waals surface area contributed by atoms with E-state index in [-0.39, 0.29) is 0 Å². The monoisotopic (exact) mass is 750 g/mol. The fourth-order valence-corrected chi connectivity index (χ4v) is 9.97. The molecule has 0 amide bonds. The molecule has 8 aromatic carbocycles. The number of pyridine rings is 1. The van der Waals surface area contributed by atoms with E-state index in [1.807, 2.05) is 6.07 Å². The summed E-state index contributed by atoms with van der Waals surface area (Å²) in [6.07, 6.45) is 0. The van der Waals surface area contributed by atoms with Gasteiger partial charge in [-0.05, 0) is 99.1 Å². The fraction of sp³-hybridized carbons (Fsp3) is 0.0182. The molecule has 0 aliphatic heterocycles. The molecule has 274 valence electrons. The molecule has 4 heteroatoms. The predicted molar refractivity (Wildman–Crippen MR) is 240 cm³/mol. The number of rotatable bonds is 5. The lowest BCUT2D eigenvalue weighted by molar-refractivity contribution is 0.768. The van der Waals surface area contributed by atoms with Crippen molar-refractivity contribution in [2.45, 2.75) is 5.41 Å². The lowest BCUT2D eigenvalue weighted by Gasteiger charge is -2.34. The minimum atomic E-state index is -0.658. The van der Waals surface area contributed by atoms with Gasteiger partial charge in [-0.3, -0.25) is 9.13 Å². The predicted octanol–water partition coefficient (Wildman–Crippen LogP) is 13.2. The molecule has 0 saturated heterocycles. The first-order valence-corrected chi connectivity index (χ1v) is 20.0. The molecule has 0 fully saturated rings. The van der Waals surface area contributed by atoms with E-state index in [4.69, 9.17) is 4.98 Å². The van der Waals surface area contributed by atoms with Crippen molar-refractivity contribution in [3.63, 3.8) is 0 Å². The molecular weight excluding hydrogens is 717 g/mol. The van der Waals surface area contributed by atoms with Crippen LogP contribution in [0.15, 0.2) is 206 Å². The van der Waals surface area contributed by atoms with Gasteiger partial charge >= 0.3 is 0 Å². The standard InChI is InChI=1S/C55H34N4/c56-35-36-27-29-41-42-30-28-37(32-48(42)55(47(41)31-36,39-15-3-1-4-16-39)40-17-5-2-6-18-40)38-33-53(58-49-23-11-7-19-43(49)44-20-8-12-24-50(44)58)57-54(34-38)59-51-25-13-9-21-45(51)46-22-10-14-26-52(46)59/h1-34H. The molecule has 1 aliphatic rings. The maximum Gasteiger partial charge on any atom is 0.140 e. The number of fused-ring (bicyclic) bond motifs is 9. The van der Waals surface area contributed by atoms with Crippen LogP contribution in [0.3, 0.4) is 0 Å². The molecule has 0 unspecified atom stereocenters. The minimum absolute atomic E-state index is 0.647. The van der Waals surface area contributed by atoms with Crippen molar-refractivity contribution in [1.29, 1.82) is 5.26 Å². The van der Waals surface area contributed by atoms with Crippen LogP contribution in [-0.2, 0) is 5.41 Å². The van der Waals surface area contributed by atoms with E-state index in [0.29, 0.717) is 5.56 Å². The topological polar surface area (TPSA) is 46.5 Å². The fourth-order valence-electron chi connectivity index (χ4n) is 9.97. The van der Waals surface area contributed by atoms with Gasteiger partial charge in [0, 0.05) is 21.5 Å². The van der Waals surface area contributed by atoms with E-state index in [1.165, 1.54) is 32.7 Å². The molecular formula is C55H34N4. The first kappa shape index (κ1) is 33.2. The van der Waals surface area contributed by atoms with Crippen molar-refractivity contribution in [3.05, 3.63) is 234 Å². The number of hydrogen-bond donors (Lipinski definition) is 0. The minimum Gasteiger partial charge on any atom is -0.294 e. The molecule has 0 saturated carbocycles. The summed E-state index contributed by atoms with van der Waals surface area (Å²) in [4.78, 5) is 5.59. The smallest absolute Gasteiger partial charge is 0.140 e. The van der Waals surface area contributed by atoms with Crippen molar-refractivity contribution in [3.8, 4) is 40.0 Å². The lowest BCUT2D eigenvalue weighted by atomic mass is 9.67. The Labute approximate surface area is 341 Å². The Hall–Kier alpha value is -8.00. The Morgan fingerprint density at radius 2 is 0.797 bits per heavy atom. The van der Waals surface area contributed by atoms with Crippen molar-refractivity contribution in [1.82, 2.24) is 14.1 Å². The highest BCUT2D eigenvalue weighted by molar-refractivity contribution is 6.10. The molecule has 3 heterocycles. The average Bonchev–Trinajstić information content (AvgIpc) is 3.93. The average molecular weight is 751 g/mol. The largest absolute Gasteiger partial charge is 0.294 e. The molecule has 0 bridgehead atoms. The molecule has 0 radical (unpaired) electrons. The van der Waals surface area contributed by atoms with E-state index in [1.54, 1.807) is 0 Å². The second-order valence-electron chi connectivity index (χ2n) is 15.4. The third-order valence-corrected chi connectivity index (χ3v) is 12.4. The van der Waals surface area contributed by atoms with Crippen LogP contribution in [0.25, 0.3) is 77.5 Å². The van der Waals surface area contributed by atoms with Gasteiger partial charge in [-0.2, -0.15) is 5.26 Å². The second kappa shape index (κ2) is 12.8. The number of nitriles is 1. The van der Waals surface area contributed by atoms with Crippen molar-refractivity contribution < 1.29 is 0 Å². The SMILES string of the molecule is N#Cc1ccc2c(c1)C(c1ccccc1)(c1ccccc1)c1cc(-c3cc(-n4c5ccccc5c5ccccc54)nc(-n4c5ccccc5c5ccccc54)c3)ccc1-2. The van der Waals surface area contributed by atoms with Gasteiger partial charge in [-0.15, -0.1) is 0 Å². The maximum atomic E-state index is 10.2. The maximum absolute atomic E-state index is 10.2. The molecule has 11 aromatic rings. The lowest BCUT2D eigenvalue weighted by Crippen LogP contribution is -2.28. The van der Waals surface area contributed by atoms with Gasteiger partial charge in [0.15, 0.2) is 0 Å². The molecule has 1 aliphatic carbocycles.